The van der Waals surface area contributed by atoms with Crippen molar-refractivity contribution in [3.8, 4) is 0 Å². The molecule has 1 heterocycles. The van der Waals surface area contributed by atoms with E-state index in [-0.39, 0.29) is 21.2 Å². The summed E-state index contributed by atoms with van der Waals surface area (Å²) in [7, 11) is -3.83. The average molecular weight is 312 g/mol. The van der Waals surface area contributed by atoms with Gasteiger partial charge in [-0.2, -0.15) is 4.37 Å². The molecule has 0 atom stereocenters. The van der Waals surface area contributed by atoms with Crippen LogP contribution in [0.15, 0.2) is 29.2 Å². The third-order valence-electron chi connectivity index (χ3n) is 2.69. The van der Waals surface area contributed by atoms with Gasteiger partial charge in [0.2, 0.25) is 0 Å². The van der Waals surface area contributed by atoms with Crippen molar-refractivity contribution < 1.29 is 18.3 Å². The zero-order valence-corrected chi connectivity index (χ0v) is 12.4. The summed E-state index contributed by atoms with van der Waals surface area (Å²) in [5, 5.41) is 9.10. The van der Waals surface area contributed by atoms with Crippen LogP contribution in [0.25, 0.3) is 0 Å². The van der Waals surface area contributed by atoms with E-state index in [1.54, 1.807) is 25.1 Å². The lowest BCUT2D eigenvalue weighted by Crippen LogP contribution is -2.15. The predicted molar refractivity (Wildman–Crippen MR) is 75.8 cm³/mol. The number of carbonyl (C=O) groups is 1. The molecular formula is C12H12N2O4S2. The Balaban J connectivity index is 2.45. The maximum atomic E-state index is 12.3. The lowest BCUT2D eigenvalue weighted by molar-refractivity contribution is 0.0697. The fourth-order valence-corrected chi connectivity index (χ4v) is 4.06. The van der Waals surface area contributed by atoms with Crippen LogP contribution in [-0.4, -0.2) is 23.9 Å². The molecule has 1 aromatic carbocycles. The van der Waals surface area contributed by atoms with E-state index in [2.05, 4.69) is 9.10 Å². The zero-order chi connectivity index (χ0) is 14.9. The maximum absolute atomic E-state index is 12.3. The Morgan fingerprint density at radius 2 is 1.95 bits per heavy atom. The largest absolute Gasteiger partial charge is 0.478 e. The Kier molecular flexibility index (Phi) is 3.78. The smallest absolute Gasteiger partial charge is 0.340 e. The van der Waals surface area contributed by atoms with Crippen molar-refractivity contribution >= 4 is 32.5 Å². The van der Waals surface area contributed by atoms with Crippen LogP contribution in [-0.2, 0) is 10.0 Å². The highest BCUT2D eigenvalue weighted by Gasteiger charge is 2.23. The molecule has 0 unspecified atom stereocenters. The van der Waals surface area contributed by atoms with Crippen molar-refractivity contribution in [2.24, 2.45) is 0 Å². The van der Waals surface area contributed by atoms with E-state index in [1.165, 1.54) is 13.0 Å². The molecule has 0 fully saturated rings. The Hall–Kier alpha value is -1.93. The van der Waals surface area contributed by atoms with Crippen LogP contribution < -0.4 is 4.72 Å². The number of anilines is 1. The Bertz CT molecular complexity index is 766. The Labute approximate surface area is 120 Å². The van der Waals surface area contributed by atoms with E-state index in [0.717, 1.165) is 11.5 Å². The standard InChI is InChI=1S/C12H12N2O4S2/c1-7-5-3-4-6-9(7)20(17,18)14-11-10(12(15)16)8(2)13-19-11/h3-6,14H,1-2H3,(H,15,16). The Morgan fingerprint density at radius 3 is 2.55 bits per heavy atom. The second kappa shape index (κ2) is 5.22. The van der Waals surface area contributed by atoms with E-state index in [9.17, 15) is 13.2 Å². The van der Waals surface area contributed by atoms with Gasteiger partial charge in [0.1, 0.15) is 10.6 Å². The molecule has 0 spiro atoms. The SMILES string of the molecule is Cc1ccccc1S(=O)(=O)Nc1snc(C)c1C(=O)O. The van der Waals surface area contributed by atoms with Gasteiger partial charge in [-0.15, -0.1) is 0 Å². The molecule has 2 aromatic rings. The lowest BCUT2D eigenvalue weighted by atomic mass is 10.2. The number of sulfonamides is 1. The number of aromatic carboxylic acids is 1. The number of carboxylic acid groups (broad SMARTS) is 1. The minimum Gasteiger partial charge on any atom is -0.478 e. The second-order valence-corrected chi connectivity index (χ2v) is 6.57. The highest BCUT2D eigenvalue weighted by molar-refractivity contribution is 7.93. The molecule has 0 radical (unpaired) electrons. The first kappa shape index (κ1) is 14.5. The molecule has 0 aliphatic carbocycles. The molecule has 2 rings (SSSR count). The number of nitrogens with one attached hydrogen (secondary N) is 1. The van der Waals surface area contributed by atoms with E-state index in [4.69, 9.17) is 5.11 Å². The number of carboxylic acids is 1. The zero-order valence-electron chi connectivity index (χ0n) is 10.7. The highest BCUT2D eigenvalue weighted by atomic mass is 32.2. The number of aryl methyl sites for hydroxylation is 2. The van der Waals surface area contributed by atoms with Crippen molar-refractivity contribution in [2.75, 3.05) is 4.72 Å². The topological polar surface area (TPSA) is 96.4 Å². The summed E-state index contributed by atoms with van der Waals surface area (Å²) in [6.07, 6.45) is 0. The van der Waals surface area contributed by atoms with Gasteiger partial charge in [0.15, 0.2) is 0 Å². The molecule has 106 valence electrons. The molecule has 2 N–H and O–H groups in total. The quantitative estimate of drug-likeness (QED) is 0.902. The number of rotatable bonds is 4. The van der Waals surface area contributed by atoms with Crippen molar-refractivity contribution in [3.05, 3.63) is 41.1 Å². The normalized spacial score (nSPS) is 11.3. The van der Waals surface area contributed by atoms with E-state index in [0.29, 0.717) is 5.56 Å². The first-order chi connectivity index (χ1) is 9.33. The third kappa shape index (κ3) is 2.66. The summed E-state index contributed by atoms with van der Waals surface area (Å²) in [6, 6.07) is 6.47. The van der Waals surface area contributed by atoms with Crippen LogP contribution in [0.1, 0.15) is 21.6 Å². The average Bonchev–Trinajstić information content (AvgIpc) is 2.70. The number of hydrogen-bond donors (Lipinski definition) is 2. The van der Waals surface area contributed by atoms with Crippen LogP contribution in [0.3, 0.4) is 0 Å². The molecule has 8 heteroatoms. The van der Waals surface area contributed by atoms with Crippen molar-refractivity contribution in [1.29, 1.82) is 0 Å². The molecular weight excluding hydrogens is 300 g/mol. The van der Waals surface area contributed by atoms with Crippen LogP contribution in [0.4, 0.5) is 5.00 Å². The summed E-state index contributed by atoms with van der Waals surface area (Å²) in [4.78, 5) is 11.2. The van der Waals surface area contributed by atoms with E-state index < -0.39 is 16.0 Å². The fourth-order valence-electron chi connectivity index (χ4n) is 1.73. The van der Waals surface area contributed by atoms with Crippen molar-refractivity contribution in [1.82, 2.24) is 4.37 Å². The molecule has 0 bridgehead atoms. The number of nitrogens with zero attached hydrogens (tertiary/aromatic N) is 1. The molecule has 0 saturated heterocycles. The van der Waals surface area contributed by atoms with Gasteiger partial charge in [-0.3, -0.25) is 4.72 Å². The molecule has 0 aliphatic rings. The van der Waals surface area contributed by atoms with Gasteiger partial charge >= 0.3 is 5.97 Å². The third-order valence-corrected chi connectivity index (χ3v) is 5.18. The van der Waals surface area contributed by atoms with Gasteiger partial charge in [0.05, 0.1) is 10.6 Å². The van der Waals surface area contributed by atoms with Crippen LogP contribution in [0.5, 0.6) is 0 Å². The summed E-state index contributed by atoms with van der Waals surface area (Å²) < 4.78 is 30.7. The Morgan fingerprint density at radius 1 is 1.30 bits per heavy atom. The second-order valence-electron chi connectivity index (χ2n) is 4.15. The first-order valence-corrected chi connectivity index (χ1v) is 7.86. The summed E-state index contributed by atoms with van der Waals surface area (Å²) >= 11 is 0.811. The van der Waals surface area contributed by atoms with Gasteiger partial charge in [-0.05, 0) is 37.0 Å². The van der Waals surface area contributed by atoms with Crippen LogP contribution >= 0.6 is 11.5 Å². The maximum Gasteiger partial charge on any atom is 0.340 e. The van der Waals surface area contributed by atoms with Gasteiger partial charge in [-0.25, -0.2) is 13.2 Å². The molecule has 0 saturated carbocycles. The van der Waals surface area contributed by atoms with Gasteiger partial charge in [0.25, 0.3) is 10.0 Å². The highest BCUT2D eigenvalue weighted by Crippen LogP contribution is 2.27. The molecule has 1 aromatic heterocycles. The van der Waals surface area contributed by atoms with Gasteiger partial charge in [0, 0.05) is 0 Å². The van der Waals surface area contributed by atoms with E-state index in [1.807, 2.05) is 0 Å². The minimum atomic E-state index is -3.83. The monoisotopic (exact) mass is 312 g/mol. The number of aromatic nitrogens is 1. The molecule has 6 nitrogen and oxygen atoms in total. The summed E-state index contributed by atoms with van der Waals surface area (Å²) in [6.45, 7) is 3.19. The first-order valence-electron chi connectivity index (χ1n) is 5.61. The van der Waals surface area contributed by atoms with Gasteiger partial charge in [-0.1, -0.05) is 18.2 Å². The molecule has 0 aliphatic heterocycles. The molecule has 0 amide bonds. The van der Waals surface area contributed by atoms with Crippen molar-refractivity contribution in [3.63, 3.8) is 0 Å². The summed E-state index contributed by atoms with van der Waals surface area (Å²) in [5.74, 6) is -1.21. The fraction of sp³-hybridized carbons (Fsp3) is 0.167. The molecule has 20 heavy (non-hydrogen) atoms. The lowest BCUT2D eigenvalue weighted by Gasteiger charge is -2.09. The predicted octanol–water partition coefficient (Wildman–Crippen LogP) is 2.26. The minimum absolute atomic E-state index is 0.0123. The van der Waals surface area contributed by atoms with Gasteiger partial charge < -0.3 is 5.11 Å². The number of benzene rings is 1. The van der Waals surface area contributed by atoms with Crippen LogP contribution in [0.2, 0.25) is 0 Å². The van der Waals surface area contributed by atoms with E-state index >= 15 is 0 Å². The van der Waals surface area contributed by atoms with Crippen molar-refractivity contribution in [2.45, 2.75) is 18.7 Å². The number of hydrogen-bond acceptors (Lipinski definition) is 5. The van der Waals surface area contributed by atoms with Crippen LogP contribution in [0, 0.1) is 13.8 Å². The summed E-state index contributed by atoms with van der Waals surface area (Å²) in [5.41, 5.74) is 0.746.